The molecule has 10 heteroatoms. The summed E-state index contributed by atoms with van der Waals surface area (Å²) in [5.74, 6) is -3.15. The fourth-order valence-corrected chi connectivity index (χ4v) is 3.99. The molecule has 0 saturated carbocycles. The fraction of sp³-hybridized carbons (Fsp3) is 0.333. The molecule has 2 aliphatic rings. The van der Waals surface area contributed by atoms with Gasteiger partial charge in [-0.15, -0.1) is 0 Å². The highest BCUT2D eigenvalue weighted by molar-refractivity contribution is 6.30. The van der Waals surface area contributed by atoms with Crippen molar-refractivity contribution in [1.82, 2.24) is 0 Å². The van der Waals surface area contributed by atoms with E-state index in [2.05, 4.69) is 5.32 Å². The maximum absolute atomic E-state index is 14.2. The second-order valence-corrected chi connectivity index (χ2v) is 8.02. The van der Waals surface area contributed by atoms with Crippen LogP contribution in [0.2, 0.25) is 5.02 Å². The molecule has 2 aliphatic heterocycles. The van der Waals surface area contributed by atoms with Gasteiger partial charge in [-0.1, -0.05) is 11.6 Å². The number of piperidine rings is 1. The van der Waals surface area contributed by atoms with E-state index < -0.39 is 42.0 Å². The molecule has 1 fully saturated rings. The fourth-order valence-electron chi connectivity index (χ4n) is 3.80. The van der Waals surface area contributed by atoms with Gasteiger partial charge in [-0.05, 0) is 30.7 Å². The molecular weight excluding hydrogens is 437 g/mol. The number of carbonyl (C=O) groups excluding carboxylic acids is 2. The molecule has 6 nitrogen and oxygen atoms in total. The van der Waals surface area contributed by atoms with Gasteiger partial charge < -0.3 is 20.1 Å². The molecule has 0 aliphatic carbocycles. The zero-order valence-corrected chi connectivity index (χ0v) is 16.9. The van der Waals surface area contributed by atoms with Crippen LogP contribution in [0.1, 0.15) is 18.4 Å². The number of rotatable bonds is 4. The number of hydrogen-bond acceptors (Lipinski definition) is 5. The largest absolute Gasteiger partial charge is 0.490 e. The third-order valence-electron chi connectivity index (χ3n) is 5.50. The summed E-state index contributed by atoms with van der Waals surface area (Å²) in [6, 6.07) is 4.39. The Morgan fingerprint density at radius 2 is 1.84 bits per heavy atom. The summed E-state index contributed by atoms with van der Waals surface area (Å²) in [5.41, 5.74) is -1.80. The Morgan fingerprint density at radius 1 is 1.13 bits per heavy atom. The van der Waals surface area contributed by atoms with E-state index in [4.69, 9.17) is 16.3 Å². The highest BCUT2D eigenvalue weighted by Gasteiger charge is 2.42. The Labute approximate surface area is 180 Å². The number of nitrogens with one attached hydrogen (secondary N) is 1. The summed E-state index contributed by atoms with van der Waals surface area (Å²) in [7, 11) is 0. The number of aliphatic hydroxyl groups is 1. The molecule has 164 valence electrons. The Balaban J connectivity index is 1.49. The van der Waals surface area contributed by atoms with Gasteiger partial charge in [-0.2, -0.15) is 0 Å². The Morgan fingerprint density at radius 3 is 2.52 bits per heavy atom. The predicted molar refractivity (Wildman–Crippen MR) is 107 cm³/mol. The van der Waals surface area contributed by atoms with Gasteiger partial charge in [0.25, 0.3) is 0 Å². The maximum Gasteiger partial charge on any atom is 0.224 e. The van der Waals surface area contributed by atoms with Crippen molar-refractivity contribution in [2.75, 3.05) is 29.9 Å². The number of Topliss-reactive ketones (excluding diaryl/α,β-unsaturated/α-hetero) is 1. The van der Waals surface area contributed by atoms with Gasteiger partial charge >= 0.3 is 0 Å². The number of hydrogen-bond donors (Lipinski definition) is 2. The van der Waals surface area contributed by atoms with Crippen LogP contribution in [0.3, 0.4) is 0 Å². The highest BCUT2D eigenvalue weighted by atomic mass is 35.5. The number of amides is 1. The van der Waals surface area contributed by atoms with Gasteiger partial charge in [-0.3, -0.25) is 9.59 Å². The minimum absolute atomic E-state index is 0.00133. The summed E-state index contributed by atoms with van der Waals surface area (Å²) < 4.78 is 48.0. The van der Waals surface area contributed by atoms with Crippen LogP contribution in [0.15, 0.2) is 24.3 Å². The van der Waals surface area contributed by atoms with Crippen molar-refractivity contribution in [3.63, 3.8) is 0 Å². The Hall–Kier alpha value is -2.78. The van der Waals surface area contributed by atoms with E-state index in [1.165, 1.54) is 11.0 Å². The van der Waals surface area contributed by atoms with Gasteiger partial charge in [0, 0.05) is 30.0 Å². The van der Waals surface area contributed by atoms with Crippen molar-refractivity contribution < 1.29 is 32.6 Å². The minimum Gasteiger partial charge on any atom is -0.490 e. The molecule has 2 aromatic carbocycles. The normalized spacial score (nSPS) is 21.0. The Bertz CT molecular complexity index is 1060. The van der Waals surface area contributed by atoms with Gasteiger partial charge in [0.15, 0.2) is 23.0 Å². The molecule has 2 N–H and O–H groups in total. The van der Waals surface area contributed by atoms with E-state index in [1.807, 2.05) is 0 Å². The van der Waals surface area contributed by atoms with Crippen LogP contribution in [-0.2, 0) is 16.0 Å². The SMILES string of the molecule is O=C1CCc2c(OC[C@]3(O)CCN(c4c(F)cc(Cl)cc4F)CC3=O)ccc(F)c2N1. The summed E-state index contributed by atoms with van der Waals surface area (Å²) in [6.07, 6.45) is 0.278. The number of halogens is 4. The van der Waals surface area contributed by atoms with Gasteiger partial charge in [0.2, 0.25) is 5.91 Å². The summed E-state index contributed by atoms with van der Waals surface area (Å²) in [6.45, 7) is -0.844. The van der Waals surface area contributed by atoms with Crippen LogP contribution in [0.5, 0.6) is 5.75 Å². The van der Waals surface area contributed by atoms with Crippen molar-refractivity contribution in [2.45, 2.75) is 24.9 Å². The number of ether oxygens (including phenoxy) is 1. The van der Waals surface area contributed by atoms with Crippen molar-refractivity contribution in [1.29, 1.82) is 0 Å². The van der Waals surface area contributed by atoms with E-state index in [-0.39, 0.29) is 53.9 Å². The topological polar surface area (TPSA) is 78.9 Å². The number of ketones is 1. The first-order chi connectivity index (χ1) is 14.7. The van der Waals surface area contributed by atoms with Crippen molar-refractivity contribution in [3.8, 4) is 5.75 Å². The summed E-state index contributed by atoms with van der Waals surface area (Å²) in [5, 5.41) is 13.1. The van der Waals surface area contributed by atoms with E-state index >= 15 is 0 Å². The van der Waals surface area contributed by atoms with Crippen LogP contribution in [-0.4, -0.2) is 42.1 Å². The average Bonchev–Trinajstić information content (AvgIpc) is 2.70. The first-order valence-electron chi connectivity index (χ1n) is 9.57. The van der Waals surface area contributed by atoms with Crippen LogP contribution in [0.4, 0.5) is 24.5 Å². The number of fused-ring (bicyclic) bond motifs is 1. The van der Waals surface area contributed by atoms with Crippen molar-refractivity contribution in [2.24, 2.45) is 0 Å². The third-order valence-corrected chi connectivity index (χ3v) is 5.72. The monoisotopic (exact) mass is 454 g/mol. The second kappa shape index (κ2) is 8.05. The molecule has 1 saturated heterocycles. The number of nitrogens with zero attached hydrogens (tertiary/aromatic N) is 1. The van der Waals surface area contributed by atoms with E-state index in [1.54, 1.807) is 0 Å². The van der Waals surface area contributed by atoms with E-state index in [9.17, 15) is 27.9 Å². The lowest BCUT2D eigenvalue weighted by molar-refractivity contribution is -0.141. The summed E-state index contributed by atoms with van der Waals surface area (Å²) in [4.78, 5) is 25.4. The molecule has 1 amide bonds. The zero-order chi connectivity index (χ0) is 22.3. The summed E-state index contributed by atoms with van der Waals surface area (Å²) >= 11 is 5.63. The molecule has 4 rings (SSSR count). The molecule has 0 radical (unpaired) electrons. The standard InChI is InChI=1S/C21H18ClF3N2O4/c22-11-7-14(24)20(15(25)8-11)27-6-5-21(30,17(28)9-27)10-31-16-3-2-13(23)19-12(16)1-4-18(29)26-19/h2-3,7-8,30H,1,4-6,9-10H2,(H,26,29)/t21-/m1/s1. The third kappa shape index (κ3) is 4.07. The van der Waals surface area contributed by atoms with Crippen molar-refractivity contribution in [3.05, 3.63) is 52.3 Å². The number of carbonyl (C=O) groups is 2. The number of anilines is 2. The van der Waals surface area contributed by atoms with Crippen LogP contribution in [0, 0.1) is 17.5 Å². The minimum atomic E-state index is -1.88. The molecule has 1 atom stereocenters. The Kier molecular flexibility index (Phi) is 5.57. The molecule has 31 heavy (non-hydrogen) atoms. The van der Waals surface area contributed by atoms with Crippen LogP contribution >= 0.6 is 11.6 Å². The lowest BCUT2D eigenvalue weighted by Gasteiger charge is -2.38. The molecule has 0 bridgehead atoms. The highest BCUT2D eigenvalue weighted by Crippen LogP contribution is 2.35. The van der Waals surface area contributed by atoms with Gasteiger partial charge in [-0.25, -0.2) is 13.2 Å². The van der Waals surface area contributed by atoms with Gasteiger partial charge in [0.1, 0.15) is 23.9 Å². The quantitative estimate of drug-likeness (QED) is 0.741. The predicted octanol–water partition coefficient (Wildman–Crippen LogP) is 3.23. The second-order valence-electron chi connectivity index (χ2n) is 7.58. The molecule has 2 heterocycles. The van der Waals surface area contributed by atoms with Crippen LogP contribution in [0.25, 0.3) is 0 Å². The first kappa shape index (κ1) is 21.5. The van der Waals surface area contributed by atoms with E-state index in [0.717, 1.165) is 18.2 Å². The van der Waals surface area contributed by atoms with E-state index in [0.29, 0.717) is 5.56 Å². The molecule has 0 spiro atoms. The molecule has 0 aromatic heterocycles. The van der Waals surface area contributed by atoms with Crippen LogP contribution < -0.4 is 15.0 Å². The lowest BCUT2D eigenvalue weighted by atomic mass is 9.90. The molecular formula is C21H18ClF3N2O4. The van der Waals surface area contributed by atoms with Crippen molar-refractivity contribution >= 4 is 34.7 Å². The first-order valence-corrected chi connectivity index (χ1v) is 9.95. The number of benzene rings is 2. The zero-order valence-electron chi connectivity index (χ0n) is 16.2. The maximum atomic E-state index is 14.2. The van der Waals surface area contributed by atoms with Gasteiger partial charge in [0.05, 0.1) is 12.2 Å². The average molecular weight is 455 g/mol. The smallest absolute Gasteiger partial charge is 0.224 e. The molecule has 2 aromatic rings. The lowest BCUT2D eigenvalue weighted by Crippen LogP contribution is -2.56. The molecule has 0 unspecified atom stereocenters.